The van der Waals surface area contributed by atoms with E-state index >= 15 is 0 Å². The van der Waals surface area contributed by atoms with Gasteiger partial charge in [0.2, 0.25) is 10.0 Å². The normalized spacial score (nSPS) is 17.7. The number of nitrogens with zero attached hydrogens (tertiary/aromatic N) is 1. The summed E-state index contributed by atoms with van der Waals surface area (Å²) in [6, 6.07) is 9.71. The average molecular weight is 593 g/mol. The first-order chi connectivity index (χ1) is 18.2. The second-order valence-corrected chi connectivity index (χ2v) is 11.8. The number of rotatable bonds is 9. The minimum absolute atomic E-state index is 0.00112. The molecule has 2 aliphatic heterocycles. The zero-order valence-electron chi connectivity index (χ0n) is 21.2. The third kappa shape index (κ3) is 7.61. The van der Waals surface area contributed by atoms with Gasteiger partial charge in [0.1, 0.15) is 35.6 Å². The number of anilines is 1. The lowest BCUT2D eigenvalue weighted by molar-refractivity contribution is -0.206. The summed E-state index contributed by atoms with van der Waals surface area (Å²) in [5.41, 5.74) is 0.639. The van der Waals surface area contributed by atoms with Crippen LogP contribution in [0.1, 0.15) is 18.4 Å². The van der Waals surface area contributed by atoms with Crippen LogP contribution >= 0.6 is 11.6 Å². The molecule has 0 bridgehead atoms. The maximum atomic E-state index is 13.0. The molecular formula is C25H28ClF3N2O7S. The van der Waals surface area contributed by atoms with Crippen LogP contribution < -0.4 is 18.9 Å². The minimum Gasteiger partial charge on any atom is -0.497 e. The second-order valence-electron chi connectivity index (χ2n) is 9.59. The van der Waals surface area contributed by atoms with Gasteiger partial charge < -0.3 is 18.9 Å². The molecule has 1 fully saturated rings. The number of ether oxygens (including phenoxy) is 4. The van der Waals surface area contributed by atoms with E-state index in [2.05, 4.69) is 4.72 Å². The molecule has 0 aromatic heterocycles. The van der Waals surface area contributed by atoms with Crippen molar-refractivity contribution in [2.24, 2.45) is 0 Å². The standard InChI is InChI=1S/C25H28ClF3N2O7S/c1-35-18-4-5-20(30-39(2,33)34)22(12-18)36-15-19(37-23(32)25(27,28)29)14-31-9-7-24(8-10-31)13-16-11-17(26)3-6-21(16)38-24/h3-6,11-12,19,30H,7-10,13-15H2,1-2H3/t19-/m0/s1. The topological polar surface area (TPSA) is 103 Å². The predicted octanol–water partition coefficient (Wildman–Crippen LogP) is 4.04. The molecule has 39 heavy (non-hydrogen) atoms. The van der Waals surface area contributed by atoms with Crippen molar-refractivity contribution >= 4 is 33.3 Å². The van der Waals surface area contributed by atoms with Crippen LogP contribution in [0.25, 0.3) is 0 Å². The van der Waals surface area contributed by atoms with Crippen molar-refractivity contribution in [2.45, 2.75) is 37.1 Å². The maximum absolute atomic E-state index is 13.0. The second kappa shape index (κ2) is 11.3. The molecule has 1 saturated heterocycles. The highest BCUT2D eigenvalue weighted by atomic mass is 35.5. The number of benzene rings is 2. The van der Waals surface area contributed by atoms with Crippen molar-refractivity contribution in [3.8, 4) is 17.2 Å². The molecule has 2 aromatic rings. The number of hydrogen-bond acceptors (Lipinski definition) is 8. The van der Waals surface area contributed by atoms with E-state index in [0.29, 0.717) is 43.1 Å². The molecule has 2 aliphatic rings. The molecule has 0 amide bonds. The first-order valence-corrected chi connectivity index (χ1v) is 14.3. The lowest BCUT2D eigenvalue weighted by Gasteiger charge is -2.39. The molecule has 14 heteroatoms. The molecular weight excluding hydrogens is 565 g/mol. The number of alkyl halides is 3. The predicted molar refractivity (Wildman–Crippen MR) is 137 cm³/mol. The van der Waals surface area contributed by atoms with E-state index in [0.717, 1.165) is 17.6 Å². The number of hydrogen-bond donors (Lipinski definition) is 1. The first kappa shape index (κ1) is 29.1. The third-order valence-electron chi connectivity index (χ3n) is 6.50. The van der Waals surface area contributed by atoms with E-state index in [1.807, 2.05) is 17.0 Å². The summed E-state index contributed by atoms with van der Waals surface area (Å²) in [4.78, 5) is 13.6. The third-order valence-corrected chi connectivity index (χ3v) is 7.33. The summed E-state index contributed by atoms with van der Waals surface area (Å²) in [6.45, 7) is 0.481. The van der Waals surface area contributed by atoms with Crippen LogP contribution in [0.4, 0.5) is 18.9 Å². The van der Waals surface area contributed by atoms with Crippen LogP contribution in [0, 0.1) is 0 Å². The Morgan fingerprint density at radius 2 is 1.92 bits per heavy atom. The summed E-state index contributed by atoms with van der Waals surface area (Å²) in [7, 11) is -2.29. The SMILES string of the molecule is COc1ccc(NS(C)(=O)=O)c(OC[C@H](CN2CCC3(CC2)Cc2cc(Cl)ccc2O3)OC(=O)C(F)(F)F)c1. The van der Waals surface area contributed by atoms with E-state index in [1.54, 1.807) is 6.07 Å². The number of esters is 1. The van der Waals surface area contributed by atoms with Gasteiger partial charge in [-0.2, -0.15) is 13.2 Å². The fraction of sp³-hybridized carbons (Fsp3) is 0.480. The van der Waals surface area contributed by atoms with Crippen molar-refractivity contribution in [1.82, 2.24) is 4.90 Å². The van der Waals surface area contributed by atoms with E-state index in [1.165, 1.54) is 25.3 Å². The molecule has 2 aromatic carbocycles. The number of likely N-dealkylation sites (tertiary alicyclic amines) is 1. The van der Waals surface area contributed by atoms with Gasteiger partial charge in [-0.05, 0) is 35.9 Å². The molecule has 0 aliphatic carbocycles. The van der Waals surface area contributed by atoms with Crippen LogP contribution in [0.5, 0.6) is 17.2 Å². The molecule has 9 nitrogen and oxygen atoms in total. The Morgan fingerprint density at radius 3 is 2.56 bits per heavy atom. The number of halogens is 4. The number of carbonyl (C=O) groups excluding carboxylic acids is 1. The summed E-state index contributed by atoms with van der Waals surface area (Å²) in [5, 5.41) is 0.618. The molecule has 0 unspecified atom stereocenters. The van der Waals surface area contributed by atoms with Crippen LogP contribution in [-0.2, 0) is 26.0 Å². The Bertz CT molecular complexity index is 1320. The van der Waals surface area contributed by atoms with Gasteiger partial charge in [-0.3, -0.25) is 9.62 Å². The smallest absolute Gasteiger partial charge is 0.490 e. The molecule has 1 N–H and O–H groups in total. The first-order valence-electron chi connectivity index (χ1n) is 12.0. The van der Waals surface area contributed by atoms with E-state index in [4.69, 9.17) is 30.5 Å². The fourth-order valence-electron chi connectivity index (χ4n) is 4.67. The van der Waals surface area contributed by atoms with Crippen molar-refractivity contribution in [1.29, 1.82) is 0 Å². The lowest BCUT2D eigenvalue weighted by atomic mass is 9.87. The Morgan fingerprint density at radius 1 is 1.21 bits per heavy atom. The van der Waals surface area contributed by atoms with Gasteiger partial charge in [-0.25, -0.2) is 13.2 Å². The highest BCUT2D eigenvalue weighted by molar-refractivity contribution is 7.92. The van der Waals surface area contributed by atoms with Crippen LogP contribution in [-0.4, -0.2) is 76.8 Å². The highest BCUT2D eigenvalue weighted by Crippen LogP contribution is 2.42. The number of nitrogens with one attached hydrogen (secondary N) is 1. The van der Waals surface area contributed by atoms with Gasteiger partial charge in [0.05, 0.1) is 19.1 Å². The zero-order valence-corrected chi connectivity index (χ0v) is 22.8. The average Bonchev–Trinajstić information content (AvgIpc) is 3.20. The largest absolute Gasteiger partial charge is 0.497 e. The number of piperidine rings is 1. The Labute approximate surface area is 229 Å². The van der Waals surface area contributed by atoms with Crippen LogP contribution in [0.2, 0.25) is 5.02 Å². The quantitative estimate of drug-likeness (QED) is 0.435. The van der Waals surface area contributed by atoms with Crippen molar-refractivity contribution in [3.63, 3.8) is 0 Å². The number of methoxy groups -OCH3 is 1. The van der Waals surface area contributed by atoms with Gasteiger partial charge in [-0.15, -0.1) is 0 Å². The number of fused-ring (bicyclic) bond motifs is 1. The van der Waals surface area contributed by atoms with Crippen molar-refractivity contribution in [2.75, 3.05) is 44.3 Å². The van der Waals surface area contributed by atoms with E-state index < -0.39 is 40.5 Å². The van der Waals surface area contributed by atoms with Gasteiger partial charge in [0.25, 0.3) is 0 Å². The van der Waals surface area contributed by atoms with E-state index in [9.17, 15) is 26.4 Å². The molecule has 1 spiro atoms. The van der Waals surface area contributed by atoms with Gasteiger partial charge in [0.15, 0.2) is 0 Å². The fourth-order valence-corrected chi connectivity index (χ4v) is 5.43. The van der Waals surface area contributed by atoms with E-state index in [-0.39, 0.29) is 18.0 Å². The zero-order chi connectivity index (χ0) is 28.4. The summed E-state index contributed by atoms with van der Waals surface area (Å²) in [5.74, 6) is -1.24. The molecule has 0 radical (unpaired) electrons. The number of carbonyl (C=O) groups is 1. The monoisotopic (exact) mass is 592 g/mol. The minimum atomic E-state index is -5.19. The molecule has 2 heterocycles. The summed E-state index contributed by atoms with van der Waals surface area (Å²) in [6.07, 6.45) is -3.65. The summed E-state index contributed by atoms with van der Waals surface area (Å²) >= 11 is 6.10. The van der Waals surface area contributed by atoms with Crippen molar-refractivity contribution < 1.29 is 45.3 Å². The van der Waals surface area contributed by atoms with Crippen molar-refractivity contribution in [3.05, 3.63) is 47.0 Å². The van der Waals surface area contributed by atoms with Crippen LogP contribution in [0.3, 0.4) is 0 Å². The Balaban J connectivity index is 1.44. The van der Waals surface area contributed by atoms with Gasteiger partial charge in [0, 0.05) is 50.0 Å². The van der Waals surface area contributed by atoms with Gasteiger partial charge in [-0.1, -0.05) is 11.6 Å². The maximum Gasteiger partial charge on any atom is 0.490 e. The Kier molecular flexibility index (Phi) is 8.43. The highest BCUT2D eigenvalue weighted by Gasteiger charge is 2.44. The Hall–Kier alpha value is -2.90. The summed E-state index contributed by atoms with van der Waals surface area (Å²) < 4.78 is 86.6. The number of sulfonamides is 1. The molecule has 4 rings (SSSR count). The van der Waals surface area contributed by atoms with Gasteiger partial charge >= 0.3 is 12.1 Å². The van der Waals surface area contributed by atoms with Crippen LogP contribution in [0.15, 0.2) is 36.4 Å². The molecule has 0 saturated carbocycles. The lowest BCUT2D eigenvalue weighted by Crippen LogP contribution is -2.50. The molecule has 214 valence electrons. The molecule has 1 atom stereocenters.